The van der Waals surface area contributed by atoms with Crippen molar-refractivity contribution in [3.8, 4) is 0 Å². The molecule has 0 radical (unpaired) electrons. The van der Waals surface area contributed by atoms with E-state index in [1.807, 2.05) is 0 Å². The summed E-state index contributed by atoms with van der Waals surface area (Å²) >= 11 is 1.15. The van der Waals surface area contributed by atoms with Gasteiger partial charge in [0, 0.05) is 11.1 Å². The number of halogens is 1. The monoisotopic (exact) mass is 351 g/mol. The van der Waals surface area contributed by atoms with Gasteiger partial charge in [-0.2, -0.15) is 0 Å². The van der Waals surface area contributed by atoms with E-state index in [1.54, 1.807) is 32.9 Å². The molecule has 1 heterocycles. The second-order valence-electron chi connectivity index (χ2n) is 5.96. The summed E-state index contributed by atoms with van der Waals surface area (Å²) < 4.78 is 18.6. The van der Waals surface area contributed by atoms with Crippen LogP contribution < -0.4 is 10.6 Å². The lowest BCUT2D eigenvalue weighted by Gasteiger charge is -2.18. The smallest absolute Gasteiger partial charge is 0.413 e. The molecule has 8 heteroatoms. The number of amides is 2. The maximum absolute atomic E-state index is 13.5. The van der Waals surface area contributed by atoms with E-state index < -0.39 is 17.5 Å². The van der Waals surface area contributed by atoms with Crippen LogP contribution in [0.2, 0.25) is 0 Å². The highest BCUT2D eigenvalue weighted by Gasteiger charge is 2.17. The van der Waals surface area contributed by atoms with Crippen molar-refractivity contribution >= 4 is 34.2 Å². The minimum Gasteiger partial charge on any atom is -0.444 e. The molecule has 0 aliphatic heterocycles. The van der Waals surface area contributed by atoms with Crippen molar-refractivity contribution in [1.29, 1.82) is 0 Å². The molecule has 2 amide bonds. The van der Waals surface area contributed by atoms with E-state index in [9.17, 15) is 14.0 Å². The van der Waals surface area contributed by atoms with Gasteiger partial charge in [-0.1, -0.05) is 12.1 Å². The fraction of sp³-hybridized carbons (Fsp3) is 0.312. The van der Waals surface area contributed by atoms with Crippen molar-refractivity contribution in [2.24, 2.45) is 0 Å². The maximum atomic E-state index is 13.5. The molecular weight excluding hydrogens is 333 g/mol. The Morgan fingerprint density at radius 2 is 1.96 bits per heavy atom. The number of hydrogen-bond donors (Lipinski definition) is 2. The van der Waals surface area contributed by atoms with Gasteiger partial charge in [0.15, 0.2) is 5.13 Å². The topological polar surface area (TPSA) is 80.3 Å². The molecule has 0 atom stereocenters. The lowest BCUT2D eigenvalue weighted by molar-refractivity contribution is -0.115. The van der Waals surface area contributed by atoms with E-state index in [0.29, 0.717) is 10.0 Å². The van der Waals surface area contributed by atoms with Crippen molar-refractivity contribution in [2.45, 2.75) is 32.8 Å². The van der Waals surface area contributed by atoms with Gasteiger partial charge in [-0.25, -0.2) is 14.2 Å². The zero-order valence-corrected chi connectivity index (χ0v) is 14.4. The average molecular weight is 351 g/mol. The highest BCUT2D eigenvalue weighted by molar-refractivity contribution is 7.15. The summed E-state index contributed by atoms with van der Waals surface area (Å²) in [5.74, 6) is -0.866. The molecule has 0 bridgehead atoms. The number of rotatable bonds is 4. The van der Waals surface area contributed by atoms with Crippen molar-refractivity contribution in [2.75, 3.05) is 10.6 Å². The Kier molecular flexibility index (Phi) is 5.50. The minimum absolute atomic E-state index is 0.0298. The summed E-state index contributed by atoms with van der Waals surface area (Å²) in [5, 5.41) is 5.33. The fourth-order valence-corrected chi connectivity index (χ4v) is 2.55. The average Bonchev–Trinajstić information content (AvgIpc) is 2.86. The Hall–Kier alpha value is -2.48. The molecule has 0 saturated carbocycles. The third-order valence-electron chi connectivity index (χ3n) is 2.64. The highest BCUT2D eigenvalue weighted by Crippen LogP contribution is 2.20. The largest absolute Gasteiger partial charge is 0.444 e. The summed E-state index contributed by atoms with van der Waals surface area (Å²) in [5.41, 5.74) is -0.483. The van der Waals surface area contributed by atoms with E-state index in [4.69, 9.17) is 4.74 Å². The van der Waals surface area contributed by atoms with Crippen LogP contribution in [-0.4, -0.2) is 22.6 Å². The quantitative estimate of drug-likeness (QED) is 0.878. The van der Waals surface area contributed by atoms with Gasteiger partial charge in [-0.05, 0) is 32.9 Å². The summed E-state index contributed by atoms with van der Waals surface area (Å²) in [6, 6.07) is 5.93. The summed E-state index contributed by atoms with van der Waals surface area (Å²) in [7, 11) is 0. The third kappa shape index (κ3) is 5.62. The number of ether oxygens (including phenoxy) is 1. The first-order valence-corrected chi connectivity index (χ1v) is 8.04. The number of nitrogens with one attached hydrogen (secondary N) is 2. The van der Waals surface area contributed by atoms with E-state index in [2.05, 4.69) is 15.6 Å². The van der Waals surface area contributed by atoms with Crippen molar-refractivity contribution in [3.63, 3.8) is 0 Å². The molecule has 0 saturated heterocycles. The van der Waals surface area contributed by atoms with Crippen LogP contribution in [0.1, 0.15) is 25.6 Å². The first-order chi connectivity index (χ1) is 11.2. The summed E-state index contributed by atoms with van der Waals surface area (Å²) in [6.45, 7) is 5.27. The number of para-hydroxylation sites is 1. The molecule has 0 spiro atoms. The summed E-state index contributed by atoms with van der Waals surface area (Å²) in [6.07, 6.45) is 0.902. The van der Waals surface area contributed by atoms with Gasteiger partial charge in [0.1, 0.15) is 11.4 Å². The lowest BCUT2D eigenvalue weighted by atomic mass is 10.2. The van der Waals surface area contributed by atoms with Gasteiger partial charge in [0.05, 0.1) is 12.1 Å². The number of thiazole rings is 1. The maximum Gasteiger partial charge on any atom is 0.413 e. The van der Waals surface area contributed by atoms with Crippen LogP contribution in [0.5, 0.6) is 0 Å². The van der Waals surface area contributed by atoms with E-state index in [-0.39, 0.29) is 18.0 Å². The predicted octanol–water partition coefficient (Wildman–Crippen LogP) is 3.81. The molecule has 0 aliphatic carbocycles. The van der Waals surface area contributed by atoms with Gasteiger partial charge in [-0.3, -0.25) is 10.1 Å². The first kappa shape index (κ1) is 17.9. The first-order valence-electron chi connectivity index (χ1n) is 7.22. The zero-order valence-electron chi connectivity index (χ0n) is 13.6. The molecule has 2 N–H and O–H groups in total. The van der Waals surface area contributed by atoms with Crippen LogP contribution in [0.15, 0.2) is 30.5 Å². The van der Waals surface area contributed by atoms with Crippen molar-refractivity contribution < 1.29 is 18.7 Å². The molecule has 128 valence electrons. The SMILES string of the molecule is CC(C)(C)OC(=O)Nc1ncc(CC(=O)Nc2ccccc2F)s1. The van der Waals surface area contributed by atoms with E-state index in [0.717, 1.165) is 11.3 Å². The molecule has 6 nitrogen and oxygen atoms in total. The number of carbonyl (C=O) groups excluding carboxylic acids is 2. The van der Waals surface area contributed by atoms with Gasteiger partial charge in [0.25, 0.3) is 0 Å². The lowest BCUT2D eigenvalue weighted by Crippen LogP contribution is -2.27. The summed E-state index contributed by atoms with van der Waals surface area (Å²) in [4.78, 5) is 28.2. The number of hydrogen-bond acceptors (Lipinski definition) is 5. The minimum atomic E-state index is -0.612. The Morgan fingerprint density at radius 3 is 2.62 bits per heavy atom. The molecule has 1 aromatic carbocycles. The second kappa shape index (κ2) is 7.39. The predicted molar refractivity (Wildman–Crippen MR) is 90.7 cm³/mol. The number of aromatic nitrogens is 1. The molecule has 1 aromatic heterocycles. The number of anilines is 2. The van der Waals surface area contributed by atoms with Crippen molar-refractivity contribution in [3.05, 3.63) is 41.2 Å². The molecule has 0 unspecified atom stereocenters. The van der Waals surface area contributed by atoms with Crippen LogP contribution in [0.4, 0.5) is 20.0 Å². The normalized spacial score (nSPS) is 11.0. The standard InChI is InChI=1S/C16H18FN3O3S/c1-16(2,3)23-15(22)20-14-18-9-10(24-14)8-13(21)19-12-7-5-4-6-11(12)17/h4-7,9H,8H2,1-3H3,(H,19,21)(H,18,20,22). The van der Waals surface area contributed by atoms with Crippen molar-refractivity contribution in [1.82, 2.24) is 4.98 Å². The zero-order chi connectivity index (χ0) is 17.7. The molecule has 24 heavy (non-hydrogen) atoms. The Morgan fingerprint density at radius 1 is 1.25 bits per heavy atom. The fourth-order valence-electron chi connectivity index (χ4n) is 1.75. The van der Waals surface area contributed by atoms with Crippen LogP contribution >= 0.6 is 11.3 Å². The third-order valence-corrected chi connectivity index (χ3v) is 3.56. The number of nitrogens with zero attached hydrogens (tertiary/aromatic N) is 1. The van der Waals surface area contributed by atoms with Gasteiger partial charge in [0.2, 0.25) is 5.91 Å². The number of benzene rings is 1. The number of carbonyl (C=O) groups is 2. The van der Waals surface area contributed by atoms with Crippen LogP contribution in [-0.2, 0) is 16.0 Å². The Bertz CT molecular complexity index is 740. The van der Waals surface area contributed by atoms with Gasteiger partial charge in [-0.15, -0.1) is 11.3 Å². The van der Waals surface area contributed by atoms with Gasteiger partial charge < -0.3 is 10.1 Å². The Labute approximate surface area is 143 Å². The van der Waals surface area contributed by atoms with Crippen LogP contribution in [0.3, 0.4) is 0 Å². The van der Waals surface area contributed by atoms with Crippen LogP contribution in [0, 0.1) is 5.82 Å². The second-order valence-corrected chi connectivity index (χ2v) is 7.08. The molecular formula is C16H18FN3O3S. The molecule has 0 fully saturated rings. The highest BCUT2D eigenvalue weighted by atomic mass is 32.1. The molecule has 0 aliphatic rings. The molecule has 2 aromatic rings. The van der Waals surface area contributed by atoms with Crippen LogP contribution in [0.25, 0.3) is 0 Å². The molecule has 2 rings (SSSR count). The van der Waals surface area contributed by atoms with Gasteiger partial charge >= 0.3 is 6.09 Å². The Balaban J connectivity index is 1.90. The van der Waals surface area contributed by atoms with E-state index in [1.165, 1.54) is 18.3 Å². The van der Waals surface area contributed by atoms with E-state index >= 15 is 0 Å².